The van der Waals surface area contributed by atoms with Crippen LogP contribution in [0, 0.1) is 17.8 Å². The molecule has 0 heterocycles. The van der Waals surface area contributed by atoms with E-state index in [9.17, 15) is 0 Å². The van der Waals surface area contributed by atoms with Gasteiger partial charge in [0.05, 0.1) is 0 Å². The molecule has 15 heavy (non-hydrogen) atoms. The topological polar surface area (TPSA) is 0 Å². The molecule has 0 rings (SSSR count). The summed E-state index contributed by atoms with van der Waals surface area (Å²) in [6.07, 6.45) is 7.88. The van der Waals surface area contributed by atoms with Crippen molar-refractivity contribution < 1.29 is 0 Å². The molecule has 90 valence electrons. The molecule has 0 nitrogen and oxygen atoms in total. The highest BCUT2D eigenvalue weighted by Gasteiger charge is 2.08. The number of rotatable bonds is 7. The summed E-state index contributed by atoms with van der Waals surface area (Å²) in [5.41, 5.74) is 1.46. The number of hydrogen-bond acceptors (Lipinski definition) is 0. The lowest BCUT2D eigenvalue weighted by Crippen LogP contribution is -2.04. The molecule has 0 heteroatoms. The van der Waals surface area contributed by atoms with Crippen molar-refractivity contribution in [2.24, 2.45) is 17.8 Å². The van der Waals surface area contributed by atoms with Gasteiger partial charge in [0.15, 0.2) is 0 Å². The Kier molecular flexibility index (Phi) is 7.82. The van der Waals surface area contributed by atoms with Crippen molar-refractivity contribution in [2.45, 2.75) is 67.2 Å². The molecular weight excluding hydrogens is 180 g/mol. The third-order valence-electron chi connectivity index (χ3n) is 3.24. The maximum absolute atomic E-state index is 2.40. The Labute approximate surface area is 97.2 Å². The second-order valence-electron chi connectivity index (χ2n) is 5.65. The second kappa shape index (κ2) is 7.96. The van der Waals surface area contributed by atoms with Crippen molar-refractivity contribution in [1.29, 1.82) is 0 Å². The molecule has 0 aliphatic heterocycles. The summed E-state index contributed by atoms with van der Waals surface area (Å²) >= 11 is 0. The van der Waals surface area contributed by atoms with E-state index in [-0.39, 0.29) is 0 Å². The van der Waals surface area contributed by atoms with Gasteiger partial charge in [-0.25, -0.2) is 0 Å². The van der Waals surface area contributed by atoms with E-state index < -0.39 is 0 Å². The summed E-state index contributed by atoms with van der Waals surface area (Å²) in [5, 5.41) is 0. The smallest absolute Gasteiger partial charge is 0.0257 e. The van der Waals surface area contributed by atoms with Crippen LogP contribution in [0.3, 0.4) is 0 Å². The van der Waals surface area contributed by atoms with E-state index in [0.29, 0.717) is 0 Å². The van der Waals surface area contributed by atoms with Crippen molar-refractivity contribution in [2.75, 3.05) is 0 Å². The molecule has 0 saturated carbocycles. The largest absolute Gasteiger partial charge is 0.0830 e. The van der Waals surface area contributed by atoms with Crippen molar-refractivity contribution in [3.63, 3.8) is 0 Å². The Bertz CT molecular complexity index is 174. The minimum absolute atomic E-state index is 0.752. The SMILES string of the molecule is CCC(C)CC[C@@H](C)CC(C)C=C(C)C. The molecule has 2 unspecified atom stereocenters. The molecule has 0 aromatic rings. The zero-order valence-corrected chi connectivity index (χ0v) is 11.6. The lowest BCUT2D eigenvalue weighted by molar-refractivity contribution is 0.381. The van der Waals surface area contributed by atoms with Gasteiger partial charge in [-0.15, -0.1) is 0 Å². The second-order valence-corrected chi connectivity index (χ2v) is 5.65. The van der Waals surface area contributed by atoms with Crippen molar-refractivity contribution >= 4 is 0 Å². The number of hydrogen-bond donors (Lipinski definition) is 0. The first-order chi connectivity index (χ1) is 6.95. The summed E-state index contributed by atoms with van der Waals surface area (Å²) < 4.78 is 0. The van der Waals surface area contributed by atoms with Crippen LogP contribution < -0.4 is 0 Å². The molecule has 0 spiro atoms. The Morgan fingerprint density at radius 2 is 1.53 bits per heavy atom. The normalized spacial score (nSPS) is 16.9. The molecule has 3 atom stereocenters. The first kappa shape index (κ1) is 14.7. The fourth-order valence-corrected chi connectivity index (χ4v) is 2.16. The molecule has 0 N–H and O–H groups in total. The summed E-state index contributed by atoms with van der Waals surface area (Å²) in [6, 6.07) is 0. The maximum Gasteiger partial charge on any atom is -0.0257 e. The van der Waals surface area contributed by atoms with Gasteiger partial charge in [-0.2, -0.15) is 0 Å². The van der Waals surface area contributed by atoms with E-state index in [0.717, 1.165) is 17.8 Å². The predicted octanol–water partition coefficient (Wildman–Crippen LogP) is 5.44. The van der Waals surface area contributed by atoms with E-state index in [1.54, 1.807) is 0 Å². The first-order valence-electron chi connectivity index (χ1n) is 6.60. The molecule has 0 aliphatic carbocycles. The van der Waals surface area contributed by atoms with Gasteiger partial charge in [-0.1, -0.05) is 58.6 Å². The average Bonchev–Trinajstić information content (AvgIpc) is 2.12. The van der Waals surface area contributed by atoms with Crippen molar-refractivity contribution in [3.05, 3.63) is 11.6 Å². The van der Waals surface area contributed by atoms with Crippen molar-refractivity contribution in [3.8, 4) is 0 Å². The Morgan fingerprint density at radius 3 is 2.00 bits per heavy atom. The van der Waals surface area contributed by atoms with Crippen LogP contribution in [0.15, 0.2) is 11.6 Å². The molecule has 0 bridgehead atoms. The maximum atomic E-state index is 2.40. The lowest BCUT2D eigenvalue weighted by Gasteiger charge is -2.17. The highest BCUT2D eigenvalue weighted by molar-refractivity contribution is 4.96. The molecular formula is C15H30. The summed E-state index contributed by atoms with van der Waals surface area (Å²) in [5.74, 6) is 2.54. The molecule has 0 saturated heterocycles. The van der Waals surface area contributed by atoms with E-state index >= 15 is 0 Å². The van der Waals surface area contributed by atoms with Crippen molar-refractivity contribution in [1.82, 2.24) is 0 Å². The lowest BCUT2D eigenvalue weighted by atomic mass is 9.89. The standard InChI is InChI=1S/C15H30/c1-7-13(4)8-9-14(5)11-15(6)10-12(2)3/h10,13-15H,7-9,11H2,1-6H3/t13?,14-,15?/m1/s1. The van der Waals surface area contributed by atoms with Crippen LogP contribution in [0.1, 0.15) is 67.2 Å². The van der Waals surface area contributed by atoms with Gasteiger partial charge in [0, 0.05) is 0 Å². The van der Waals surface area contributed by atoms with Crippen LogP contribution in [-0.2, 0) is 0 Å². The van der Waals surface area contributed by atoms with Gasteiger partial charge in [-0.3, -0.25) is 0 Å². The van der Waals surface area contributed by atoms with Gasteiger partial charge in [0.25, 0.3) is 0 Å². The average molecular weight is 210 g/mol. The third kappa shape index (κ3) is 8.72. The van der Waals surface area contributed by atoms with Crippen LogP contribution in [0.2, 0.25) is 0 Å². The number of allylic oxidation sites excluding steroid dienone is 2. The van der Waals surface area contributed by atoms with Gasteiger partial charge in [0.1, 0.15) is 0 Å². The highest BCUT2D eigenvalue weighted by atomic mass is 14.1. The van der Waals surface area contributed by atoms with Crippen LogP contribution in [-0.4, -0.2) is 0 Å². The van der Waals surface area contributed by atoms with E-state index in [2.05, 4.69) is 47.6 Å². The first-order valence-corrected chi connectivity index (χ1v) is 6.60. The minimum Gasteiger partial charge on any atom is -0.0830 e. The van der Waals surface area contributed by atoms with E-state index in [1.807, 2.05) is 0 Å². The zero-order chi connectivity index (χ0) is 11.8. The minimum atomic E-state index is 0.752. The van der Waals surface area contributed by atoms with Crippen LogP contribution in [0.25, 0.3) is 0 Å². The molecule has 0 amide bonds. The van der Waals surface area contributed by atoms with Gasteiger partial charge >= 0.3 is 0 Å². The quantitative estimate of drug-likeness (QED) is 0.491. The molecule has 0 aromatic heterocycles. The van der Waals surface area contributed by atoms with Gasteiger partial charge in [-0.05, 0) is 38.0 Å². The molecule has 0 aromatic carbocycles. The zero-order valence-electron chi connectivity index (χ0n) is 11.6. The van der Waals surface area contributed by atoms with Gasteiger partial charge in [0.2, 0.25) is 0 Å². The summed E-state index contributed by atoms with van der Waals surface area (Å²) in [6.45, 7) is 13.8. The monoisotopic (exact) mass is 210 g/mol. The summed E-state index contributed by atoms with van der Waals surface area (Å²) in [4.78, 5) is 0. The molecule has 0 fully saturated rings. The van der Waals surface area contributed by atoms with E-state index in [4.69, 9.17) is 0 Å². The summed E-state index contributed by atoms with van der Waals surface area (Å²) in [7, 11) is 0. The van der Waals surface area contributed by atoms with Crippen LogP contribution in [0.4, 0.5) is 0 Å². The highest BCUT2D eigenvalue weighted by Crippen LogP contribution is 2.21. The molecule has 0 aliphatic rings. The van der Waals surface area contributed by atoms with Crippen LogP contribution in [0.5, 0.6) is 0 Å². The third-order valence-corrected chi connectivity index (χ3v) is 3.24. The fourth-order valence-electron chi connectivity index (χ4n) is 2.16. The van der Waals surface area contributed by atoms with Gasteiger partial charge < -0.3 is 0 Å². The van der Waals surface area contributed by atoms with E-state index in [1.165, 1.54) is 31.3 Å². The Balaban J connectivity index is 3.73. The van der Waals surface area contributed by atoms with Crippen LogP contribution >= 0.6 is 0 Å². The predicted molar refractivity (Wildman–Crippen MR) is 71.1 cm³/mol. The molecule has 0 radical (unpaired) electrons. The Morgan fingerprint density at radius 1 is 1.00 bits per heavy atom. The fraction of sp³-hybridized carbons (Fsp3) is 0.867. The Hall–Kier alpha value is -0.260.